The second-order valence-electron chi connectivity index (χ2n) is 3.68. The van der Waals surface area contributed by atoms with Gasteiger partial charge < -0.3 is 15.0 Å². The van der Waals surface area contributed by atoms with Crippen molar-refractivity contribution in [3.63, 3.8) is 0 Å². The second kappa shape index (κ2) is 6.78. The molecule has 0 saturated carbocycles. The van der Waals surface area contributed by atoms with Gasteiger partial charge in [0.1, 0.15) is 5.75 Å². The number of benzene rings is 1. The van der Waals surface area contributed by atoms with Crippen LogP contribution in [0.5, 0.6) is 5.75 Å². The van der Waals surface area contributed by atoms with Crippen molar-refractivity contribution in [2.24, 2.45) is 0 Å². The van der Waals surface area contributed by atoms with Crippen molar-refractivity contribution in [1.29, 1.82) is 0 Å². The van der Waals surface area contributed by atoms with Crippen LogP contribution in [0.2, 0.25) is 0 Å². The zero-order valence-corrected chi connectivity index (χ0v) is 10.7. The molecule has 4 nitrogen and oxygen atoms in total. The van der Waals surface area contributed by atoms with E-state index in [-0.39, 0.29) is 6.03 Å². The number of rotatable bonds is 5. The minimum Gasteiger partial charge on any atom is -0.497 e. The van der Waals surface area contributed by atoms with Gasteiger partial charge in [-0.05, 0) is 31.5 Å². The predicted molar refractivity (Wildman–Crippen MR) is 68.2 cm³/mol. The van der Waals surface area contributed by atoms with Gasteiger partial charge >= 0.3 is 6.03 Å². The van der Waals surface area contributed by atoms with Crippen LogP contribution in [0.4, 0.5) is 4.79 Å². The Morgan fingerprint density at radius 2 is 1.82 bits per heavy atom. The van der Waals surface area contributed by atoms with E-state index in [0.29, 0.717) is 6.54 Å². The van der Waals surface area contributed by atoms with Crippen LogP contribution >= 0.6 is 0 Å². The first-order chi connectivity index (χ1) is 8.21. The topological polar surface area (TPSA) is 41.6 Å². The molecule has 1 aromatic carbocycles. The Morgan fingerprint density at radius 1 is 1.24 bits per heavy atom. The highest BCUT2D eigenvalue weighted by atomic mass is 16.5. The van der Waals surface area contributed by atoms with Gasteiger partial charge in [-0.25, -0.2) is 4.79 Å². The molecule has 1 aromatic rings. The number of carbonyl (C=O) groups excluding carboxylic acids is 1. The lowest BCUT2D eigenvalue weighted by molar-refractivity contribution is 0.203. The molecule has 0 atom stereocenters. The smallest absolute Gasteiger partial charge is 0.317 e. The van der Waals surface area contributed by atoms with Gasteiger partial charge in [0.25, 0.3) is 0 Å². The Balaban J connectivity index is 2.46. The summed E-state index contributed by atoms with van der Waals surface area (Å²) in [5.41, 5.74) is 1.06. The lowest BCUT2D eigenvalue weighted by atomic mass is 10.2. The molecule has 0 spiro atoms. The zero-order chi connectivity index (χ0) is 12.7. The Kier molecular flexibility index (Phi) is 5.33. The lowest BCUT2D eigenvalue weighted by Crippen LogP contribution is -2.39. The first kappa shape index (κ1) is 13.4. The molecule has 0 bridgehead atoms. The fourth-order valence-corrected chi connectivity index (χ4v) is 1.54. The van der Waals surface area contributed by atoms with Crippen molar-refractivity contribution < 1.29 is 9.53 Å². The van der Waals surface area contributed by atoms with Crippen molar-refractivity contribution in [2.75, 3.05) is 20.2 Å². The summed E-state index contributed by atoms with van der Waals surface area (Å²) >= 11 is 0. The Labute approximate surface area is 103 Å². The van der Waals surface area contributed by atoms with Gasteiger partial charge in [-0.2, -0.15) is 0 Å². The molecular weight excluding hydrogens is 216 g/mol. The lowest BCUT2D eigenvalue weighted by Gasteiger charge is -2.19. The maximum atomic E-state index is 11.7. The fraction of sp³-hybridized carbons (Fsp3) is 0.462. The van der Waals surface area contributed by atoms with Crippen LogP contribution in [-0.2, 0) is 6.54 Å². The van der Waals surface area contributed by atoms with Crippen molar-refractivity contribution in [2.45, 2.75) is 20.4 Å². The van der Waals surface area contributed by atoms with Gasteiger partial charge in [0.05, 0.1) is 7.11 Å². The van der Waals surface area contributed by atoms with Crippen LogP contribution in [0.3, 0.4) is 0 Å². The van der Waals surface area contributed by atoms with Crippen LogP contribution in [-0.4, -0.2) is 31.1 Å². The van der Waals surface area contributed by atoms with Crippen LogP contribution in [0.25, 0.3) is 0 Å². The monoisotopic (exact) mass is 236 g/mol. The van der Waals surface area contributed by atoms with Crippen LogP contribution in [0.15, 0.2) is 24.3 Å². The van der Waals surface area contributed by atoms with Crippen molar-refractivity contribution in [1.82, 2.24) is 10.2 Å². The van der Waals surface area contributed by atoms with E-state index in [1.165, 1.54) is 0 Å². The van der Waals surface area contributed by atoms with Crippen molar-refractivity contribution >= 4 is 6.03 Å². The first-order valence-corrected chi connectivity index (χ1v) is 5.87. The van der Waals surface area contributed by atoms with E-state index in [1.807, 2.05) is 38.1 Å². The number of methoxy groups -OCH3 is 1. The molecule has 1 N–H and O–H groups in total. The fourth-order valence-electron chi connectivity index (χ4n) is 1.54. The maximum absolute atomic E-state index is 11.7. The number of amides is 2. The summed E-state index contributed by atoms with van der Waals surface area (Å²) in [7, 11) is 1.64. The molecule has 0 aliphatic carbocycles. The number of nitrogens with one attached hydrogen (secondary N) is 1. The molecule has 0 saturated heterocycles. The predicted octanol–water partition coefficient (Wildman–Crippen LogP) is 2.25. The molecule has 0 heterocycles. The molecule has 0 aromatic heterocycles. The van der Waals surface area contributed by atoms with Crippen LogP contribution in [0.1, 0.15) is 19.4 Å². The number of hydrogen-bond donors (Lipinski definition) is 1. The summed E-state index contributed by atoms with van der Waals surface area (Å²) < 4.78 is 5.07. The van der Waals surface area contributed by atoms with E-state index in [9.17, 15) is 4.79 Å². The number of nitrogens with zero attached hydrogens (tertiary/aromatic N) is 1. The summed E-state index contributed by atoms with van der Waals surface area (Å²) in [6.07, 6.45) is 0. The molecular formula is C13H20N2O2. The highest BCUT2D eigenvalue weighted by Gasteiger charge is 2.07. The summed E-state index contributed by atoms with van der Waals surface area (Å²) in [5.74, 6) is 0.823. The third-order valence-electron chi connectivity index (χ3n) is 2.65. The Morgan fingerprint density at radius 3 is 2.29 bits per heavy atom. The molecule has 0 aliphatic rings. The van der Waals surface area contributed by atoms with Gasteiger partial charge in [-0.3, -0.25) is 0 Å². The average molecular weight is 236 g/mol. The molecule has 0 radical (unpaired) electrons. The van der Waals surface area contributed by atoms with Gasteiger partial charge in [-0.1, -0.05) is 12.1 Å². The van der Waals surface area contributed by atoms with Gasteiger partial charge in [-0.15, -0.1) is 0 Å². The molecule has 94 valence electrons. The molecule has 2 amide bonds. The summed E-state index contributed by atoms with van der Waals surface area (Å²) in [4.78, 5) is 13.4. The van der Waals surface area contributed by atoms with E-state index in [1.54, 1.807) is 12.0 Å². The van der Waals surface area contributed by atoms with Crippen LogP contribution in [0, 0.1) is 0 Å². The van der Waals surface area contributed by atoms with Gasteiger partial charge in [0, 0.05) is 19.6 Å². The summed E-state index contributed by atoms with van der Waals surface area (Å²) in [6, 6.07) is 7.64. The number of urea groups is 1. The molecule has 0 unspecified atom stereocenters. The second-order valence-corrected chi connectivity index (χ2v) is 3.68. The van der Waals surface area contributed by atoms with E-state index < -0.39 is 0 Å². The normalized spacial score (nSPS) is 9.82. The highest BCUT2D eigenvalue weighted by molar-refractivity contribution is 5.74. The van der Waals surface area contributed by atoms with Crippen molar-refractivity contribution in [3.05, 3.63) is 29.8 Å². The highest BCUT2D eigenvalue weighted by Crippen LogP contribution is 2.10. The van der Waals surface area contributed by atoms with E-state index in [2.05, 4.69) is 5.32 Å². The molecule has 0 aliphatic heterocycles. The van der Waals surface area contributed by atoms with Crippen molar-refractivity contribution in [3.8, 4) is 5.75 Å². The Hall–Kier alpha value is -1.71. The standard InChI is InChI=1S/C13H20N2O2/c1-4-15(5-2)13(16)14-10-11-6-8-12(17-3)9-7-11/h6-9H,4-5,10H2,1-3H3,(H,14,16). The quantitative estimate of drug-likeness (QED) is 0.852. The third kappa shape index (κ3) is 3.98. The third-order valence-corrected chi connectivity index (χ3v) is 2.65. The minimum absolute atomic E-state index is 0.0224. The largest absolute Gasteiger partial charge is 0.497 e. The average Bonchev–Trinajstić information content (AvgIpc) is 2.38. The molecule has 1 rings (SSSR count). The molecule has 17 heavy (non-hydrogen) atoms. The molecule has 0 fully saturated rings. The van der Waals surface area contributed by atoms with E-state index >= 15 is 0 Å². The number of ether oxygens (including phenoxy) is 1. The van der Waals surface area contributed by atoms with Gasteiger partial charge in [0.2, 0.25) is 0 Å². The SMILES string of the molecule is CCN(CC)C(=O)NCc1ccc(OC)cc1. The minimum atomic E-state index is -0.0224. The van der Waals surface area contributed by atoms with Gasteiger partial charge in [0.15, 0.2) is 0 Å². The van der Waals surface area contributed by atoms with E-state index in [4.69, 9.17) is 4.74 Å². The van der Waals surface area contributed by atoms with Crippen LogP contribution < -0.4 is 10.1 Å². The number of hydrogen-bond acceptors (Lipinski definition) is 2. The summed E-state index contributed by atoms with van der Waals surface area (Å²) in [5, 5.41) is 2.88. The van der Waals surface area contributed by atoms with E-state index in [0.717, 1.165) is 24.4 Å². The summed E-state index contributed by atoms with van der Waals surface area (Å²) in [6.45, 7) is 5.93. The maximum Gasteiger partial charge on any atom is 0.317 e. The zero-order valence-electron chi connectivity index (χ0n) is 10.7. The number of carbonyl (C=O) groups is 1. The first-order valence-electron chi connectivity index (χ1n) is 5.87. The molecule has 4 heteroatoms. The Bertz CT molecular complexity index is 345.